The first kappa shape index (κ1) is 27.9. The van der Waals surface area contributed by atoms with Crippen molar-refractivity contribution in [2.24, 2.45) is 0 Å². The number of ether oxygens (including phenoxy) is 1. The van der Waals surface area contributed by atoms with Crippen molar-refractivity contribution in [3.63, 3.8) is 0 Å². The lowest BCUT2D eigenvalue weighted by Gasteiger charge is -2.40. The van der Waals surface area contributed by atoms with Gasteiger partial charge >= 0.3 is 6.18 Å². The number of methoxy groups -OCH3 is 1. The summed E-state index contributed by atoms with van der Waals surface area (Å²) in [7, 11) is 3.73. The van der Waals surface area contributed by atoms with Crippen LogP contribution in [0.5, 0.6) is 5.75 Å². The molecule has 0 spiro atoms. The summed E-state index contributed by atoms with van der Waals surface area (Å²) in [6.07, 6.45) is -1.34. The predicted octanol–water partition coefficient (Wildman–Crippen LogP) is 5.34. The second-order valence-electron chi connectivity index (χ2n) is 10.3. The number of hydrogen-bond donors (Lipinski definition) is 1. The fourth-order valence-electron chi connectivity index (χ4n) is 5.78. The fraction of sp³-hybridized carbons (Fsp3) is 0.586. The Morgan fingerprint density at radius 2 is 1.73 bits per heavy atom. The maximum atomic E-state index is 14.0. The summed E-state index contributed by atoms with van der Waals surface area (Å²) in [5.74, 6) is 0.845. The van der Waals surface area contributed by atoms with Gasteiger partial charge in [0.2, 0.25) is 0 Å². The molecule has 4 rings (SSSR count). The number of piperazine rings is 1. The fourth-order valence-corrected chi connectivity index (χ4v) is 5.78. The molecule has 204 valence electrons. The average Bonchev–Trinajstić information content (AvgIpc) is 3.11. The van der Waals surface area contributed by atoms with Gasteiger partial charge < -0.3 is 10.1 Å². The summed E-state index contributed by atoms with van der Waals surface area (Å²) in [6.45, 7) is 8.38. The van der Waals surface area contributed by atoms with Gasteiger partial charge in [-0.3, -0.25) is 14.7 Å². The van der Waals surface area contributed by atoms with Crippen molar-refractivity contribution < 1.29 is 17.9 Å². The molecule has 2 aromatic rings. The van der Waals surface area contributed by atoms with Crippen LogP contribution in [-0.2, 0) is 12.7 Å². The maximum absolute atomic E-state index is 14.0. The largest absolute Gasteiger partial charge is 0.497 e. The Bertz CT molecular complexity index is 990. The van der Waals surface area contributed by atoms with Gasteiger partial charge in [-0.2, -0.15) is 13.2 Å². The van der Waals surface area contributed by atoms with Crippen molar-refractivity contribution in [2.75, 3.05) is 60.0 Å². The van der Waals surface area contributed by atoms with Crippen LogP contribution in [0, 0.1) is 0 Å². The Morgan fingerprint density at radius 1 is 1.00 bits per heavy atom. The normalized spacial score (nSPS) is 21.5. The lowest BCUT2D eigenvalue weighted by atomic mass is 9.96. The molecule has 5 nitrogen and oxygen atoms in total. The van der Waals surface area contributed by atoms with E-state index in [0.717, 1.165) is 76.4 Å². The van der Waals surface area contributed by atoms with Crippen molar-refractivity contribution >= 4 is 0 Å². The Labute approximate surface area is 219 Å². The van der Waals surface area contributed by atoms with Gasteiger partial charge in [0.1, 0.15) is 5.75 Å². The summed E-state index contributed by atoms with van der Waals surface area (Å²) < 4.78 is 47.2. The van der Waals surface area contributed by atoms with Gasteiger partial charge in [0.25, 0.3) is 0 Å². The van der Waals surface area contributed by atoms with E-state index in [1.807, 2.05) is 18.2 Å². The summed E-state index contributed by atoms with van der Waals surface area (Å²) in [5, 5.41) is 3.39. The molecule has 0 aliphatic carbocycles. The third kappa shape index (κ3) is 7.05. The summed E-state index contributed by atoms with van der Waals surface area (Å²) in [5.41, 5.74) is 2.14. The third-order valence-corrected chi connectivity index (χ3v) is 7.89. The summed E-state index contributed by atoms with van der Waals surface area (Å²) in [6, 6.07) is 13.5. The van der Waals surface area contributed by atoms with Crippen LogP contribution in [0.4, 0.5) is 13.2 Å². The highest BCUT2D eigenvalue weighted by Gasteiger charge is 2.35. The van der Waals surface area contributed by atoms with Gasteiger partial charge in [0.05, 0.1) is 12.7 Å². The zero-order chi connectivity index (χ0) is 26.4. The number of likely N-dealkylation sites (N-methyl/N-ethyl adjacent to an activating group) is 1. The van der Waals surface area contributed by atoms with Crippen LogP contribution in [0.3, 0.4) is 0 Å². The average molecular weight is 519 g/mol. The molecule has 0 bridgehead atoms. The van der Waals surface area contributed by atoms with E-state index in [1.165, 1.54) is 11.6 Å². The minimum Gasteiger partial charge on any atom is -0.497 e. The third-order valence-electron chi connectivity index (χ3n) is 7.89. The highest BCUT2D eigenvalue weighted by Crippen LogP contribution is 2.36. The van der Waals surface area contributed by atoms with Gasteiger partial charge in [-0.25, -0.2) is 0 Å². The van der Waals surface area contributed by atoms with Crippen LogP contribution in [-0.4, -0.2) is 74.7 Å². The van der Waals surface area contributed by atoms with E-state index >= 15 is 0 Å². The van der Waals surface area contributed by atoms with Crippen LogP contribution in [0.15, 0.2) is 42.5 Å². The smallest absolute Gasteiger partial charge is 0.416 e. The van der Waals surface area contributed by atoms with Crippen molar-refractivity contribution in [1.82, 2.24) is 20.0 Å². The van der Waals surface area contributed by atoms with Crippen LogP contribution in [0.2, 0.25) is 0 Å². The maximum Gasteiger partial charge on any atom is 0.416 e. The molecule has 2 aromatic carbocycles. The molecule has 2 heterocycles. The SMILES string of the molecule is CCCC(c1ccc(OC)cc1)N1CCN(Cc2cc(C3CCNCCN3C)ccc2C(F)(F)F)CC1. The number of hydrogen-bond acceptors (Lipinski definition) is 5. The minimum atomic E-state index is -4.35. The molecule has 2 atom stereocenters. The molecule has 0 saturated carbocycles. The van der Waals surface area contributed by atoms with Crippen molar-refractivity contribution in [3.05, 3.63) is 64.7 Å². The molecule has 2 unspecified atom stereocenters. The van der Waals surface area contributed by atoms with Gasteiger partial charge in [0, 0.05) is 57.9 Å². The van der Waals surface area contributed by atoms with Crippen molar-refractivity contribution in [3.8, 4) is 5.75 Å². The topological polar surface area (TPSA) is 31.0 Å². The van der Waals surface area contributed by atoms with E-state index in [9.17, 15) is 13.2 Å². The number of halogens is 3. The van der Waals surface area contributed by atoms with Crippen LogP contribution < -0.4 is 10.1 Å². The highest BCUT2D eigenvalue weighted by atomic mass is 19.4. The van der Waals surface area contributed by atoms with Gasteiger partial charge in [-0.1, -0.05) is 37.6 Å². The molecule has 8 heteroatoms. The second-order valence-corrected chi connectivity index (χ2v) is 10.3. The first-order chi connectivity index (χ1) is 17.8. The number of rotatable bonds is 8. The molecule has 1 N–H and O–H groups in total. The number of benzene rings is 2. The predicted molar refractivity (Wildman–Crippen MR) is 142 cm³/mol. The molecule has 0 radical (unpaired) electrons. The molecule has 0 amide bonds. The van der Waals surface area contributed by atoms with Gasteiger partial charge in [0.15, 0.2) is 0 Å². The number of alkyl halides is 3. The van der Waals surface area contributed by atoms with E-state index in [1.54, 1.807) is 13.2 Å². The Hall–Kier alpha value is -2.13. The van der Waals surface area contributed by atoms with Gasteiger partial charge in [-0.05, 0) is 61.3 Å². The van der Waals surface area contributed by atoms with E-state index in [2.05, 4.69) is 46.1 Å². The Kier molecular flexibility index (Phi) is 9.51. The molecular weight excluding hydrogens is 477 g/mol. The number of nitrogens with one attached hydrogen (secondary N) is 1. The van der Waals surface area contributed by atoms with Crippen LogP contribution in [0.1, 0.15) is 60.5 Å². The standard InChI is InChI=1S/C29H41F3N4O/c1-4-5-28(22-6-9-25(37-3)10-7-22)36-18-16-35(17-19-36)21-24-20-23(8-11-26(24)29(30,31)32)27-12-13-33-14-15-34(27)2/h6-11,20,27-28,33H,4-5,12-19,21H2,1-3H3. The Balaban J connectivity index is 1.47. The summed E-state index contributed by atoms with van der Waals surface area (Å²) in [4.78, 5) is 6.91. The molecule has 37 heavy (non-hydrogen) atoms. The molecular formula is C29H41F3N4O. The molecule has 2 fully saturated rings. The zero-order valence-electron chi connectivity index (χ0n) is 22.4. The van der Waals surface area contributed by atoms with E-state index in [4.69, 9.17) is 4.74 Å². The van der Waals surface area contributed by atoms with Crippen LogP contribution >= 0.6 is 0 Å². The van der Waals surface area contributed by atoms with Crippen molar-refractivity contribution in [1.29, 1.82) is 0 Å². The van der Waals surface area contributed by atoms with Gasteiger partial charge in [-0.15, -0.1) is 0 Å². The van der Waals surface area contributed by atoms with Crippen LogP contribution in [0.25, 0.3) is 0 Å². The quantitative estimate of drug-likeness (QED) is 0.510. The Morgan fingerprint density at radius 3 is 2.38 bits per heavy atom. The molecule has 2 saturated heterocycles. The lowest BCUT2D eigenvalue weighted by Crippen LogP contribution is -2.47. The highest BCUT2D eigenvalue weighted by molar-refractivity contribution is 5.36. The molecule has 2 aliphatic rings. The number of nitrogens with zero attached hydrogens (tertiary/aromatic N) is 3. The second kappa shape index (κ2) is 12.6. The summed E-state index contributed by atoms with van der Waals surface area (Å²) >= 11 is 0. The monoisotopic (exact) mass is 518 g/mol. The first-order valence-corrected chi connectivity index (χ1v) is 13.5. The molecule has 0 aromatic heterocycles. The zero-order valence-corrected chi connectivity index (χ0v) is 22.4. The van der Waals surface area contributed by atoms with Crippen molar-refractivity contribution in [2.45, 2.75) is 51.0 Å². The first-order valence-electron chi connectivity index (χ1n) is 13.5. The van der Waals surface area contributed by atoms with E-state index in [-0.39, 0.29) is 6.04 Å². The minimum absolute atomic E-state index is 0.132. The lowest BCUT2D eigenvalue weighted by molar-refractivity contribution is -0.138. The van der Waals surface area contributed by atoms with E-state index in [0.29, 0.717) is 18.2 Å². The molecule has 2 aliphatic heterocycles. The van der Waals surface area contributed by atoms with E-state index < -0.39 is 11.7 Å².